The van der Waals surface area contributed by atoms with Gasteiger partial charge in [-0.3, -0.25) is 0 Å². The molecule has 1 nitrogen and oxygen atoms in total. The van der Waals surface area contributed by atoms with Gasteiger partial charge in [-0.2, -0.15) is 0 Å². The highest BCUT2D eigenvalue weighted by Gasteiger charge is 1.87. The topological polar surface area (TPSA) is 26.0 Å². The van der Waals surface area contributed by atoms with E-state index in [1.807, 2.05) is 13.0 Å². The van der Waals surface area contributed by atoms with Gasteiger partial charge in [-0.25, -0.2) is 0 Å². The Kier molecular flexibility index (Phi) is 4.33. The summed E-state index contributed by atoms with van der Waals surface area (Å²) in [5.41, 5.74) is 8.16. The molecule has 0 spiro atoms. The van der Waals surface area contributed by atoms with Gasteiger partial charge in [-0.1, -0.05) is 6.58 Å². The SMILES string of the molecule is C=C=CCCC(C)N. The van der Waals surface area contributed by atoms with Crippen molar-refractivity contribution < 1.29 is 0 Å². The normalized spacial score (nSPS) is 12.2. The lowest BCUT2D eigenvalue weighted by Gasteiger charge is -1.97. The Hall–Kier alpha value is -0.520. The first-order valence-electron chi connectivity index (χ1n) is 2.87. The van der Waals surface area contributed by atoms with Crippen LogP contribution in [-0.2, 0) is 0 Å². The van der Waals surface area contributed by atoms with E-state index >= 15 is 0 Å². The molecule has 0 saturated carbocycles. The van der Waals surface area contributed by atoms with Crippen LogP contribution in [0.1, 0.15) is 19.8 Å². The summed E-state index contributed by atoms with van der Waals surface area (Å²) in [5.74, 6) is 0. The van der Waals surface area contributed by atoms with Crippen molar-refractivity contribution in [1.82, 2.24) is 0 Å². The summed E-state index contributed by atoms with van der Waals surface area (Å²) in [4.78, 5) is 0. The highest BCUT2D eigenvalue weighted by molar-refractivity contribution is 4.76. The molecule has 0 bridgehead atoms. The van der Waals surface area contributed by atoms with E-state index in [2.05, 4.69) is 12.3 Å². The van der Waals surface area contributed by atoms with Gasteiger partial charge in [0, 0.05) is 6.04 Å². The molecule has 46 valence electrons. The molecular formula is C7H13N. The van der Waals surface area contributed by atoms with E-state index in [0.29, 0.717) is 6.04 Å². The van der Waals surface area contributed by atoms with Crippen molar-refractivity contribution in [1.29, 1.82) is 0 Å². The zero-order valence-corrected chi connectivity index (χ0v) is 5.35. The summed E-state index contributed by atoms with van der Waals surface area (Å²) in [7, 11) is 0. The molecule has 0 aromatic carbocycles. The molecule has 0 aliphatic heterocycles. The van der Waals surface area contributed by atoms with Crippen LogP contribution in [0.4, 0.5) is 0 Å². The van der Waals surface area contributed by atoms with Gasteiger partial charge >= 0.3 is 0 Å². The fourth-order valence-electron chi connectivity index (χ4n) is 0.448. The molecule has 0 heterocycles. The molecule has 0 aliphatic rings. The zero-order valence-electron chi connectivity index (χ0n) is 5.35. The monoisotopic (exact) mass is 111 g/mol. The van der Waals surface area contributed by atoms with Gasteiger partial charge in [-0.15, -0.1) is 5.73 Å². The van der Waals surface area contributed by atoms with Crippen molar-refractivity contribution >= 4 is 0 Å². The van der Waals surface area contributed by atoms with E-state index in [9.17, 15) is 0 Å². The summed E-state index contributed by atoms with van der Waals surface area (Å²) in [6, 6.07) is 0.305. The van der Waals surface area contributed by atoms with Crippen LogP contribution in [-0.4, -0.2) is 6.04 Å². The first-order valence-corrected chi connectivity index (χ1v) is 2.87. The van der Waals surface area contributed by atoms with E-state index in [0.717, 1.165) is 12.8 Å². The second-order valence-corrected chi connectivity index (χ2v) is 1.96. The summed E-state index contributed by atoms with van der Waals surface area (Å²) >= 11 is 0. The quantitative estimate of drug-likeness (QED) is 0.548. The Bertz CT molecular complexity index is 88.6. The van der Waals surface area contributed by atoms with Gasteiger partial charge in [0.25, 0.3) is 0 Å². The molecule has 1 unspecified atom stereocenters. The van der Waals surface area contributed by atoms with Gasteiger partial charge in [-0.05, 0) is 25.8 Å². The van der Waals surface area contributed by atoms with Crippen LogP contribution in [0, 0.1) is 0 Å². The average Bonchev–Trinajstić information content (AvgIpc) is 1.66. The molecule has 0 fully saturated rings. The lowest BCUT2D eigenvalue weighted by atomic mass is 10.2. The summed E-state index contributed by atoms with van der Waals surface area (Å²) in [5, 5.41) is 0. The first-order chi connectivity index (χ1) is 3.77. The van der Waals surface area contributed by atoms with Crippen molar-refractivity contribution in [2.75, 3.05) is 0 Å². The molecule has 8 heavy (non-hydrogen) atoms. The standard InChI is InChI=1S/C7H13N/c1-3-4-5-6-7(2)8/h4,7H,1,5-6,8H2,2H3. The Morgan fingerprint density at radius 3 is 2.88 bits per heavy atom. The van der Waals surface area contributed by atoms with Crippen LogP contribution < -0.4 is 5.73 Å². The highest BCUT2D eigenvalue weighted by atomic mass is 14.6. The molecule has 0 aliphatic carbocycles. The molecule has 1 atom stereocenters. The van der Waals surface area contributed by atoms with Crippen molar-refractivity contribution in [3.8, 4) is 0 Å². The van der Waals surface area contributed by atoms with Gasteiger partial charge in [0.2, 0.25) is 0 Å². The maximum absolute atomic E-state index is 5.46. The summed E-state index contributed by atoms with van der Waals surface area (Å²) in [6.07, 6.45) is 3.94. The number of nitrogens with two attached hydrogens (primary N) is 1. The fourth-order valence-corrected chi connectivity index (χ4v) is 0.448. The van der Waals surface area contributed by atoms with E-state index in [-0.39, 0.29) is 0 Å². The molecule has 0 rings (SSSR count). The molecule has 0 saturated heterocycles. The van der Waals surface area contributed by atoms with Crippen LogP contribution in [0.3, 0.4) is 0 Å². The van der Waals surface area contributed by atoms with Crippen molar-refractivity contribution in [2.24, 2.45) is 5.73 Å². The van der Waals surface area contributed by atoms with Crippen molar-refractivity contribution in [2.45, 2.75) is 25.8 Å². The zero-order chi connectivity index (χ0) is 6.41. The fraction of sp³-hybridized carbons (Fsp3) is 0.571. The minimum Gasteiger partial charge on any atom is -0.328 e. The molecule has 0 aromatic rings. The molecule has 1 heteroatoms. The number of hydrogen-bond donors (Lipinski definition) is 1. The lowest BCUT2D eigenvalue weighted by Crippen LogP contribution is -2.13. The molecule has 0 aromatic heterocycles. The highest BCUT2D eigenvalue weighted by Crippen LogP contribution is 1.92. The van der Waals surface area contributed by atoms with E-state index in [1.165, 1.54) is 0 Å². The van der Waals surface area contributed by atoms with Gasteiger partial charge in [0.05, 0.1) is 0 Å². The second-order valence-electron chi connectivity index (χ2n) is 1.96. The van der Waals surface area contributed by atoms with Crippen LogP contribution in [0.5, 0.6) is 0 Å². The predicted octanol–water partition coefficient (Wildman–Crippen LogP) is 1.45. The third-order valence-corrected chi connectivity index (χ3v) is 0.911. The third kappa shape index (κ3) is 5.48. The van der Waals surface area contributed by atoms with E-state index < -0.39 is 0 Å². The third-order valence-electron chi connectivity index (χ3n) is 0.911. The summed E-state index contributed by atoms with van der Waals surface area (Å²) < 4.78 is 0. The van der Waals surface area contributed by atoms with Gasteiger partial charge in [0.1, 0.15) is 0 Å². The molecule has 0 radical (unpaired) electrons. The number of hydrogen-bond acceptors (Lipinski definition) is 1. The van der Waals surface area contributed by atoms with Crippen LogP contribution in [0.2, 0.25) is 0 Å². The second kappa shape index (κ2) is 4.63. The first kappa shape index (κ1) is 7.48. The molecule has 2 N–H and O–H groups in total. The minimum absolute atomic E-state index is 0.305. The Morgan fingerprint density at radius 1 is 1.88 bits per heavy atom. The maximum atomic E-state index is 5.46. The average molecular weight is 111 g/mol. The Morgan fingerprint density at radius 2 is 2.50 bits per heavy atom. The lowest BCUT2D eigenvalue weighted by molar-refractivity contribution is 0.676. The largest absolute Gasteiger partial charge is 0.328 e. The smallest absolute Gasteiger partial charge is 0.00136 e. The van der Waals surface area contributed by atoms with E-state index in [1.54, 1.807) is 0 Å². The van der Waals surface area contributed by atoms with Crippen LogP contribution >= 0.6 is 0 Å². The van der Waals surface area contributed by atoms with Crippen molar-refractivity contribution in [3.63, 3.8) is 0 Å². The molecule has 0 amide bonds. The van der Waals surface area contributed by atoms with Crippen molar-refractivity contribution in [3.05, 3.63) is 18.4 Å². The number of allylic oxidation sites excluding steroid dienone is 1. The minimum atomic E-state index is 0.305. The Balaban J connectivity index is 3.05. The molecular weight excluding hydrogens is 98.1 g/mol. The van der Waals surface area contributed by atoms with Gasteiger partial charge < -0.3 is 5.73 Å². The Labute approximate surface area is 50.9 Å². The van der Waals surface area contributed by atoms with Gasteiger partial charge in [0.15, 0.2) is 0 Å². The summed E-state index contributed by atoms with van der Waals surface area (Å²) in [6.45, 7) is 5.43. The number of rotatable bonds is 3. The maximum Gasteiger partial charge on any atom is 0.00136 e. The predicted molar refractivity (Wildman–Crippen MR) is 36.6 cm³/mol. The van der Waals surface area contributed by atoms with Crippen LogP contribution in [0.25, 0.3) is 0 Å². The van der Waals surface area contributed by atoms with E-state index in [4.69, 9.17) is 5.73 Å². The van der Waals surface area contributed by atoms with Crippen LogP contribution in [0.15, 0.2) is 18.4 Å².